The first-order chi connectivity index (χ1) is 10.2. The zero-order valence-electron chi connectivity index (χ0n) is 11.5. The van der Waals surface area contributed by atoms with Crippen LogP contribution in [0.3, 0.4) is 0 Å². The molecule has 4 rings (SSSR count). The molecule has 6 nitrogen and oxygen atoms in total. The zero-order valence-corrected chi connectivity index (χ0v) is 11.5. The van der Waals surface area contributed by atoms with E-state index in [1.807, 2.05) is 0 Å². The van der Waals surface area contributed by atoms with E-state index in [1.54, 1.807) is 4.68 Å². The van der Waals surface area contributed by atoms with E-state index in [2.05, 4.69) is 39.5 Å². The van der Waals surface area contributed by atoms with Crippen LogP contribution in [0.4, 0.5) is 0 Å². The van der Waals surface area contributed by atoms with Gasteiger partial charge in [-0.2, -0.15) is 0 Å². The second kappa shape index (κ2) is 4.66. The molecule has 2 aromatic rings. The Hall–Kier alpha value is -2.21. The van der Waals surface area contributed by atoms with Crippen molar-refractivity contribution in [3.05, 3.63) is 47.3 Å². The molecule has 1 N–H and O–H groups in total. The van der Waals surface area contributed by atoms with E-state index < -0.39 is 5.97 Å². The number of aromatic nitrogens is 3. The lowest BCUT2D eigenvalue weighted by atomic mass is 10.0. The molecule has 1 aromatic heterocycles. The molecule has 1 unspecified atom stereocenters. The zero-order chi connectivity index (χ0) is 14.4. The van der Waals surface area contributed by atoms with Crippen molar-refractivity contribution in [1.82, 2.24) is 19.9 Å². The highest BCUT2D eigenvalue weighted by Crippen LogP contribution is 2.39. The third kappa shape index (κ3) is 2.03. The molecule has 0 saturated carbocycles. The van der Waals surface area contributed by atoms with Gasteiger partial charge in [-0.05, 0) is 24.0 Å². The van der Waals surface area contributed by atoms with E-state index in [-0.39, 0.29) is 11.7 Å². The van der Waals surface area contributed by atoms with E-state index in [4.69, 9.17) is 5.11 Å². The van der Waals surface area contributed by atoms with E-state index in [0.717, 1.165) is 19.5 Å². The quantitative estimate of drug-likeness (QED) is 0.925. The molecular formula is C15H16N4O2. The van der Waals surface area contributed by atoms with Crippen LogP contribution in [0, 0.1) is 0 Å². The largest absolute Gasteiger partial charge is 0.476 e. The fraction of sp³-hybridized carbons (Fsp3) is 0.400. The van der Waals surface area contributed by atoms with Crippen molar-refractivity contribution < 1.29 is 9.90 Å². The molecule has 2 heterocycles. The lowest BCUT2D eigenvalue weighted by molar-refractivity contribution is 0.0515. The molecule has 0 spiro atoms. The average molecular weight is 284 g/mol. The molecule has 0 amide bonds. The van der Waals surface area contributed by atoms with Crippen LogP contribution < -0.4 is 0 Å². The molecule has 1 aromatic carbocycles. The molecular weight excluding hydrogens is 268 g/mol. The Kier molecular flexibility index (Phi) is 2.78. The SMILES string of the molecule is O=C(O)c1cn(C2CN(C3CCc4ccccc43)C2)nn1. The Bertz CT molecular complexity index is 690. The summed E-state index contributed by atoms with van der Waals surface area (Å²) in [5.74, 6) is -1.03. The number of aromatic carboxylic acids is 1. The van der Waals surface area contributed by atoms with E-state index >= 15 is 0 Å². The van der Waals surface area contributed by atoms with Crippen molar-refractivity contribution >= 4 is 5.97 Å². The third-order valence-corrected chi connectivity index (χ3v) is 4.54. The molecule has 1 aliphatic carbocycles. The predicted molar refractivity (Wildman–Crippen MR) is 75.1 cm³/mol. The molecule has 108 valence electrons. The third-order valence-electron chi connectivity index (χ3n) is 4.54. The maximum Gasteiger partial charge on any atom is 0.358 e. The smallest absolute Gasteiger partial charge is 0.358 e. The number of nitrogens with zero attached hydrogens (tertiary/aromatic N) is 4. The number of benzene rings is 1. The standard InChI is InChI=1S/C15H16N4O2/c20-15(21)13-9-19(17-16-13)11-7-18(8-11)14-6-5-10-3-1-2-4-12(10)14/h1-4,9,11,14H,5-8H2,(H,20,21). The molecule has 0 radical (unpaired) electrons. The summed E-state index contributed by atoms with van der Waals surface area (Å²) in [6.45, 7) is 1.81. The molecule has 1 aliphatic heterocycles. The first kappa shape index (κ1) is 12.5. The van der Waals surface area contributed by atoms with Crippen molar-refractivity contribution in [2.75, 3.05) is 13.1 Å². The molecule has 21 heavy (non-hydrogen) atoms. The van der Waals surface area contributed by atoms with Gasteiger partial charge in [0.25, 0.3) is 0 Å². The highest BCUT2D eigenvalue weighted by atomic mass is 16.4. The number of hydrogen-bond donors (Lipinski definition) is 1. The summed E-state index contributed by atoms with van der Waals surface area (Å²) in [4.78, 5) is 13.3. The fourth-order valence-electron chi connectivity index (χ4n) is 3.38. The molecule has 1 atom stereocenters. The van der Waals surface area contributed by atoms with Crippen LogP contribution in [0.25, 0.3) is 0 Å². The summed E-state index contributed by atoms with van der Waals surface area (Å²) in [5.41, 5.74) is 2.92. The van der Waals surface area contributed by atoms with Gasteiger partial charge in [0, 0.05) is 19.1 Å². The highest BCUT2D eigenvalue weighted by Gasteiger charge is 2.37. The van der Waals surface area contributed by atoms with E-state index in [1.165, 1.54) is 23.7 Å². The van der Waals surface area contributed by atoms with Gasteiger partial charge in [0.05, 0.1) is 12.2 Å². The maximum absolute atomic E-state index is 10.8. The average Bonchev–Trinajstić information content (AvgIpc) is 3.05. The molecule has 1 fully saturated rings. The number of carboxylic acids is 1. The number of rotatable bonds is 3. The minimum atomic E-state index is -1.03. The van der Waals surface area contributed by atoms with Crippen molar-refractivity contribution in [3.63, 3.8) is 0 Å². The molecule has 6 heteroatoms. The topological polar surface area (TPSA) is 71.2 Å². The number of likely N-dealkylation sites (tertiary alicyclic amines) is 1. The normalized spacial score (nSPS) is 22.0. The van der Waals surface area contributed by atoms with Crippen LogP contribution in [-0.4, -0.2) is 44.1 Å². The van der Waals surface area contributed by atoms with Gasteiger partial charge in [-0.1, -0.05) is 29.5 Å². The summed E-state index contributed by atoms with van der Waals surface area (Å²) in [6.07, 6.45) is 3.84. The molecule has 1 saturated heterocycles. The summed E-state index contributed by atoms with van der Waals surface area (Å²) in [5, 5.41) is 16.5. The Labute approximate surface area is 122 Å². The lowest BCUT2D eigenvalue weighted by Crippen LogP contribution is -2.49. The summed E-state index contributed by atoms with van der Waals surface area (Å²) in [6, 6.07) is 9.37. The second-order valence-electron chi connectivity index (χ2n) is 5.75. The van der Waals surface area contributed by atoms with Gasteiger partial charge in [-0.15, -0.1) is 5.10 Å². The Morgan fingerprint density at radius 2 is 2.10 bits per heavy atom. The predicted octanol–water partition coefficient (Wildman–Crippen LogP) is 1.52. The number of carboxylic acid groups (broad SMARTS) is 1. The van der Waals surface area contributed by atoms with Crippen molar-refractivity contribution in [2.24, 2.45) is 0 Å². The maximum atomic E-state index is 10.8. The Balaban J connectivity index is 1.45. The molecule has 0 bridgehead atoms. The number of hydrogen-bond acceptors (Lipinski definition) is 4. The summed E-state index contributed by atoms with van der Waals surface area (Å²) >= 11 is 0. The van der Waals surface area contributed by atoms with Gasteiger partial charge in [-0.25, -0.2) is 9.48 Å². The van der Waals surface area contributed by atoms with Crippen LogP contribution in [0.15, 0.2) is 30.5 Å². The lowest BCUT2D eigenvalue weighted by Gasteiger charge is -2.43. The van der Waals surface area contributed by atoms with Gasteiger partial charge in [0.2, 0.25) is 0 Å². The van der Waals surface area contributed by atoms with Crippen molar-refractivity contribution in [2.45, 2.75) is 24.9 Å². The Morgan fingerprint density at radius 3 is 2.86 bits per heavy atom. The van der Waals surface area contributed by atoms with Crippen molar-refractivity contribution in [3.8, 4) is 0 Å². The minimum absolute atomic E-state index is 0.0136. The van der Waals surface area contributed by atoms with Crippen molar-refractivity contribution in [1.29, 1.82) is 0 Å². The minimum Gasteiger partial charge on any atom is -0.476 e. The summed E-state index contributed by atoms with van der Waals surface area (Å²) < 4.78 is 1.68. The number of aryl methyl sites for hydroxylation is 1. The van der Waals surface area contributed by atoms with Crippen LogP contribution in [0.1, 0.15) is 40.1 Å². The van der Waals surface area contributed by atoms with Gasteiger partial charge in [-0.3, -0.25) is 4.90 Å². The van der Waals surface area contributed by atoms with Crippen LogP contribution in [0.2, 0.25) is 0 Å². The Morgan fingerprint density at radius 1 is 1.29 bits per heavy atom. The molecule has 2 aliphatic rings. The van der Waals surface area contributed by atoms with Gasteiger partial charge in [0.1, 0.15) is 0 Å². The van der Waals surface area contributed by atoms with Gasteiger partial charge in [0.15, 0.2) is 5.69 Å². The number of carbonyl (C=O) groups is 1. The van der Waals surface area contributed by atoms with Gasteiger partial charge >= 0.3 is 5.97 Å². The first-order valence-electron chi connectivity index (χ1n) is 7.19. The highest BCUT2D eigenvalue weighted by molar-refractivity contribution is 5.84. The van der Waals surface area contributed by atoms with E-state index in [9.17, 15) is 4.79 Å². The van der Waals surface area contributed by atoms with E-state index in [0.29, 0.717) is 6.04 Å². The van der Waals surface area contributed by atoms with Crippen LogP contribution in [0.5, 0.6) is 0 Å². The number of fused-ring (bicyclic) bond motifs is 1. The van der Waals surface area contributed by atoms with Gasteiger partial charge < -0.3 is 5.11 Å². The van der Waals surface area contributed by atoms with Crippen LogP contribution >= 0.6 is 0 Å². The second-order valence-corrected chi connectivity index (χ2v) is 5.75. The van der Waals surface area contributed by atoms with Crippen LogP contribution in [-0.2, 0) is 6.42 Å². The fourth-order valence-corrected chi connectivity index (χ4v) is 3.38. The summed E-state index contributed by atoms with van der Waals surface area (Å²) in [7, 11) is 0. The monoisotopic (exact) mass is 284 g/mol. The first-order valence-corrected chi connectivity index (χ1v) is 7.19.